The van der Waals surface area contributed by atoms with E-state index in [1.807, 2.05) is 18.2 Å². The monoisotopic (exact) mass is 275 g/mol. The highest BCUT2D eigenvalue weighted by atomic mass is 16.6. The molecule has 0 N–H and O–H groups in total. The Labute approximate surface area is 120 Å². The zero-order chi connectivity index (χ0) is 14.8. The van der Waals surface area contributed by atoms with Crippen molar-refractivity contribution in [1.29, 1.82) is 5.26 Å². The molecule has 4 heteroatoms. The molecule has 0 aliphatic carbocycles. The van der Waals surface area contributed by atoms with Gasteiger partial charge in [-0.15, -0.1) is 0 Å². The minimum absolute atomic E-state index is 0.190. The SMILES string of the molecule is COc1ccc(C(C#N)(CC2CO2)C(C)C)cc1OC. The van der Waals surface area contributed by atoms with Crippen LogP contribution in [-0.4, -0.2) is 26.9 Å². The van der Waals surface area contributed by atoms with Crippen molar-refractivity contribution in [3.8, 4) is 17.6 Å². The molecule has 1 aromatic carbocycles. The van der Waals surface area contributed by atoms with E-state index in [4.69, 9.17) is 14.2 Å². The van der Waals surface area contributed by atoms with Gasteiger partial charge >= 0.3 is 0 Å². The predicted molar refractivity (Wildman–Crippen MR) is 76.0 cm³/mol. The predicted octanol–water partition coefficient (Wildman–Crippen LogP) is 2.91. The summed E-state index contributed by atoms with van der Waals surface area (Å²) >= 11 is 0. The summed E-state index contributed by atoms with van der Waals surface area (Å²) in [5.41, 5.74) is 0.406. The second-order valence-electron chi connectivity index (χ2n) is 5.47. The summed E-state index contributed by atoms with van der Waals surface area (Å²) in [6.07, 6.45) is 0.918. The number of hydrogen-bond acceptors (Lipinski definition) is 4. The van der Waals surface area contributed by atoms with Crippen molar-refractivity contribution in [2.24, 2.45) is 5.92 Å². The van der Waals surface area contributed by atoms with E-state index in [9.17, 15) is 5.26 Å². The molecule has 0 spiro atoms. The Balaban J connectivity index is 2.45. The number of methoxy groups -OCH3 is 2. The largest absolute Gasteiger partial charge is 0.493 e. The Morgan fingerprint density at radius 1 is 1.35 bits per heavy atom. The lowest BCUT2D eigenvalue weighted by molar-refractivity contribution is 0.303. The molecule has 0 bridgehead atoms. The Kier molecular flexibility index (Phi) is 4.20. The summed E-state index contributed by atoms with van der Waals surface area (Å²) in [4.78, 5) is 0. The van der Waals surface area contributed by atoms with E-state index in [0.29, 0.717) is 11.5 Å². The van der Waals surface area contributed by atoms with E-state index in [2.05, 4.69) is 19.9 Å². The molecule has 1 saturated heterocycles. The van der Waals surface area contributed by atoms with Gasteiger partial charge in [0, 0.05) is 0 Å². The molecule has 1 fully saturated rings. The molecule has 2 unspecified atom stereocenters. The molecule has 1 aromatic rings. The molecular weight excluding hydrogens is 254 g/mol. The summed E-state index contributed by atoms with van der Waals surface area (Å²) in [6, 6.07) is 8.23. The number of nitrogens with zero attached hydrogens (tertiary/aromatic N) is 1. The van der Waals surface area contributed by atoms with Crippen LogP contribution < -0.4 is 9.47 Å². The average molecular weight is 275 g/mol. The first kappa shape index (κ1) is 14.7. The van der Waals surface area contributed by atoms with Crippen LogP contribution >= 0.6 is 0 Å². The third-order valence-corrected chi connectivity index (χ3v) is 4.04. The smallest absolute Gasteiger partial charge is 0.161 e. The first-order valence-electron chi connectivity index (χ1n) is 6.82. The standard InChI is InChI=1S/C16H21NO3/c1-11(2)16(10-17,8-13-9-20-13)12-5-6-14(18-3)15(7-12)19-4/h5-7,11,13H,8-9H2,1-4H3. The molecule has 4 nitrogen and oxygen atoms in total. The van der Waals surface area contributed by atoms with Crippen LogP contribution in [0.4, 0.5) is 0 Å². The zero-order valence-electron chi connectivity index (χ0n) is 12.5. The molecule has 108 valence electrons. The van der Waals surface area contributed by atoms with Gasteiger partial charge in [-0.2, -0.15) is 5.26 Å². The van der Waals surface area contributed by atoms with E-state index in [-0.39, 0.29) is 12.0 Å². The Hall–Kier alpha value is -1.73. The first-order chi connectivity index (χ1) is 9.57. The van der Waals surface area contributed by atoms with Gasteiger partial charge in [0.05, 0.1) is 38.4 Å². The number of hydrogen-bond donors (Lipinski definition) is 0. The van der Waals surface area contributed by atoms with Crippen LogP contribution in [0.1, 0.15) is 25.8 Å². The fraction of sp³-hybridized carbons (Fsp3) is 0.562. The maximum Gasteiger partial charge on any atom is 0.161 e. The fourth-order valence-corrected chi connectivity index (χ4v) is 2.58. The first-order valence-corrected chi connectivity index (χ1v) is 6.82. The fourth-order valence-electron chi connectivity index (χ4n) is 2.58. The van der Waals surface area contributed by atoms with Gasteiger partial charge in [-0.25, -0.2) is 0 Å². The number of benzene rings is 1. The second kappa shape index (κ2) is 5.72. The third-order valence-electron chi connectivity index (χ3n) is 4.04. The summed E-state index contributed by atoms with van der Waals surface area (Å²) < 4.78 is 15.9. The van der Waals surface area contributed by atoms with E-state index >= 15 is 0 Å². The molecule has 0 radical (unpaired) electrons. The molecule has 20 heavy (non-hydrogen) atoms. The number of ether oxygens (including phenoxy) is 3. The highest BCUT2D eigenvalue weighted by molar-refractivity contribution is 5.47. The lowest BCUT2D eigenvalue weighted by Gasteiger charge is -2.31. The zero-order valence-corrected chi connectivity index (χ0v) is 12.5. The number of nitriles is 1. The number of epoxide rings is 1. The van der Waals surface area contributed by atoms with Gasteiger partial charge < -0.3 is 14.2 Å². The Morgan fingerprint density at radius 3 is 2.45 bits per heavy atom. The highest BCUT2D eigenvalue weighted by Gasteiger charge is 2.42. The molecule has 1 aliphatic heterocycles. The summed E-state index contributed by atoms with van der Waals surface area (Å²) in [5, 5.41) is 9.79. The maximum atomic E-state index is 9.79. The van der Waals surface area contributed by atoms with Crippen molar-refractivity contribution in [2.75, 3.05) is 20.8 Å². The van der Waals surface area contributed by atoms with Crippen LogP contribution in [0.15, 0.2) is 18.2 Å². The average Bonchev–Trinajstić information content (AvgIpc) is 3.27. The highest BCUT2D eigenvalue weighted by Crippen LogP contribution is 2.42. The van der Waals surface area contributed by atoms with Crippen LogP contribution in [0.5, 0.6) is 11.5 Å². The summed E-state index contributed by atoms with van der Waals surface area (Å²) in [7, 11) is 3.21. The number of rotatable bonds is 6. The summed E-state index contributed by atoms with van der Waals surface area (Å²) in [6.45, 7) is 4.90. The summed E-state index contributed by atoms with van der Waals surface area (Å²) in [5.74, 6) is 1.52. The minimum Gasteiger partial charge on any atom is -0.493 e. The Morgan fingerprint density at radius 2 is 2.00 bits per heavy atom. The van der Waals surface area contributed by atoms with E-state index in [1.54, 1.807) is 14.2 Å². The van der Waals surface area contributed by atoms with Crippen LogP contribution in [0, 0.1) is 17.2 Å². The molecule has 0 aromatic heterocycles. The van der Waals surface area contributed by atoms with Gasteiger partial charge in [-0.3, -0.25) is 0 Å². The van der Waals surface area contributed by atoms with Gasteiger partial charge in [0.15, 0.2) is 11.5 Å². The molecular formula is C16H21NO3. The molecule has 2 atom stereocenters. The van der Waals surface area contributed by atoms with Gasteiger partial charge in [0.25, 0.3) is 0 Å². The molecule has 1 aliphatic rings. The van der Waals surface area contributed by atoms with Crippen molar-refractivity contribution in [1.82, 2.24) is 0 Å². The molecule has 0 saturated carbocycles. The van der Waals surface area contributed by atoms with Crippen molar-refractivity contribution < 1.29 is 14.2 Å². The Bertz CT molecular complexity index is 517. The lowest BCUT2D eigenvalue weighted by Crippen LogP contribution is -2.32. The van der Waals surface area contributed by atoms with Crippen LogP contribution in [-0.2, 0) is 10.2 Å². The van der Waals surface area contributed by atoms with Crippen LogP contribution in [0.25, 0.3) is 0 Å². The second-order valence-corrected chi connectivity index (χ2v) is 5.47. The van der Waals surface area contributed by atoms with Crippen LogP contribution in [0.3, 0.4) is 0 Å². The van der Waals surface area contributed by atoms with Gasteiger partial charge in [0.1, 0.15) is 0 Å². The van der Waals surface area contributed by atoms with E-state index in [0.717, 1.165) is 18.6 Å². The van der Waals surface area contributed by atoms with Crippen molar-refractivity contribution >= 4 is 0 Å². The van der Waals surface area contributed by atoms with Gasteiger partial charge in [-0.1, -0.05) is 19.9 Å². The third kappa shape index (κ3) is 2.59. The van der Waals surface area contributed by atoms with Crippen molar-refractivity contribution in [3.05, 3.63) is 23.8 Å². The topological polar surface area (TPSA) is 54.8 Å². The maximum absolute atomic E-state index is 9.79. The quantitative estimate of drug-likeness (QED) is 0.749. The van der Waals surface area contributed by atoms with Crippen molar-refractivity contribution in [2.45, 2.75) is 31.8 Å². The molecule has 1 heterocycles. The molecule has 0 amide bonds. The normalized spacial score (nSPS) is 20.1. The molecule has 2 rings (SSSR count). The lowest BCUT2D eigenvalue weighted by atomic mass is 9.70. The van der Waals surface area contributed by atoms with E-state index in [1.165, 1.54) is 0 Å². The van der Waals surface area contributed by atoms with E-state index < -0.39 is 5.41 Å². The van der Waals surface area contributed by atoms with Crippen molar-refractivity contribution in [3.63, 3.8) is 0 Å². The van der Waals surface area contributed by atoms with Gasteiger partial charge in [-0.05, 0) is 30.0 Å². The van der Waals surface area contributed by atoms with Gasteiger partial charge in [0.2, 0.25) is 0 Å². The minimum atomic E-state index is -0.555. The van der Waals surface area contributed by atoms with Crippen LogP contribution in [0.2, 0.25) is 0 Å².